The monoisotopic (exact) mass is 1140 g/mol. The van der Waals surface area contributed by atoms with Crippen molar-refractivity contribution >= 4 is 19.7 Å². The number of carbonyl (C=O) groups excluding carboxylic acids is 2. The Balaban J connectivity index is 5.09. The van der Waals surface area contributed by atoms with Crippen molar-refractivity contribution in [1.82, 2.24) is 5.32 Å². The van der Waals surface area contributed by atoms with Gasteiger partial charge < -0.3 is 28.5 Å². The molecule has 1 amide bonds. The number of amides is 1. The predicted octanol–water partition coefficient (Wildman–Crippen LogP) is 20.3. The zero-order valence-corrected chi connectivity index (χ0v) is 53.9. The standard InChI is InChI=1S/C70H127N2O7P/c1-7-10-13-16-19-22-25-28-30-31-32-33-34-35-36-37-38-39-40-41-43-44-47-50-53-56-59-62-69(73)71-67(66-78-80(75,76)77-65-64-72(4,5)6)68(61-58-55-52-49-46-27-24-21-18-15-12-9-3)79-70(74)63-60-57-54-51-48-45-42-29-26-23-20-17-14-11-8-2/h19-20,22-23,26,28-30,32-33,35-36,58,61,67-68H,7-18,21,24-25,27,31,34,37-57,59-60,62-66H2,1-6H3,(H-,71,73,75,76)/b22-19-,23-20+,29-26+,30-28-,33-32-,36-35-,61-58-. The van der Waals surface area contributed by atoms with Gasteiger partial charge in [-0.1, -0.05) is 267 Å². The number of unbranched alkanes of at least 4 members (excludes halogenated alkanes) is 33. The number of allylic oxidation sites excluding steroid dienone is 13. The second kappa shape index (κ2) is 59.4. The van der Waals surface area contributed by atoms with Crippen molar-refractivity contribution in [3.8, 4) is 0 Å². The molecule has 1 N–H and O–H groups in total. The fourth-order valence-corrected chi connectivity index (χ4v) is 10.1. The Bertz CT molecular complexity index is 1640. The second-order valence-corrected chi connectivity index (χ2v) is 25.1. The molecule has 80 heavy (non-hydrogen) atoms. The minimum absolute atomic E-state index is 0.0276. The number of likely N-dealkylation sites (N-methyl/N-ethyl adjacent to an activating group) is 1. The minimum atomic E-state index is -4.71. The van der Waals surface area contributed by atoms with E-state index in [0.29, 0.717) is 23.9 Å². The maximum Gasteiger partial charge on any atom is 0.306 e. The molecule has 464 valence electrons. The quantitative estimate of drug-likeness (QED) is 0.0161. The molecule has 0 aromatic carbocycles. The van der Waals surface area contributed by atoms with Gasteiger partial charge >= 0.3 is 5.97 Å². The molecule has 0 radical (unpaired) electrons. The molecule has 0 fully saturated rings. The van der Waals surface area contributed by atoms with Crippen LogP contribution in [0.2, 0.25) is 0 Å². The first-order chi connectivity index (χ1) is 38.9. The molecule has 10 heteroatoms. The molecule has 0 saturated carbocycles. The van der Waals surface area contributed by atoms with E-state index < -0.39 is 26.6 Å². The van der Waals surface area contributed by atoms with Crippen molar-refractivity contribution in [2.75, 3.05) is 40.9 Å². The summed E-state index contributed by atoms with van der Waals surface area (Å²) in [7, 11) is 1.17. The molecule has 0 rings (SSSR count). The van der Waals surface area contributed by atoms with Crippen LogP contribution >= 0.6 is 7.82 Å². The van der Waals surface area contributed by atoms with Crippen molar-refractivity contribution in [3.63, 3.8) is 0 Å². The third kappa shape index (κ3) is 59.8. The summed E-state index contributed by atoms with van der Waals surface area (Å²) in [5.74, 6) is -0.556. The Kier molecular flexibility index (Phi) is 57.3. The summed E-state index contributed by atoms with van der Waals surface area (Å²) < 4.78 is 30.4. The largest absolute Gasteiger partial charge is 0.756 e. The van der Waals surface area contributed by atoms with Crippen molar-refractivity contribution in [1.29, 1.82) is 0 Å². The molecule has 0 aromatic rings. The first-order valence-electron chi connectivity index (χ1n) is 33.4. The van der Waals surface area contributed by atoms with Gasteiger partial charge in [-0.25, -0.2) is 0 Å². The molecular weight excluding hydrogens is 1010 g/mol. The van der Waals surface area contributed by atoms with Crippen LogP contribution in [0.15, 0.2) is 85.1 Å². The molecule has 0 aliphatic rings. The number of carbonyl (C=O) groups is 2. The van der Waals surface area contributed by atoms with Gasteiger partial charge in [-0.15, -0.1) is 0 Å². The number of esters is 1. The Labute approximate surface area is 495 Å². The number of hydrogen-bond donors (Lipinski definition) is 1. The summed E-state index contributed by atoms with van der Waals surface area (Å²) in [4.78, 5) is 40.1. The Hall–Kier alpha value is -2.81. The molecular formula is C70H127N2O7P. The number of nitrogens with zero attached hydrogens (tertiary/aromatic N) is 1. The zero-order valence-electron chi connectivity index (χ0n) is 53.0. The van der Waals surface area contributed by atoms with Crippen LogP contribution in [-0.4, -0.2) is 69.4 Å². The van der Waals surface area contributed by atoms with Crippen molar-refractivity contribution in [2.24, 2.45) is 0 Å². The van der Waals surface area contributed by atoms with Crippen LogP contribution in [0.3, 0.4) is 0 Å². The van der Waals surface area contributed by atoms with Gasteiger partial charge in [0.25, 0.3) is 7.82 Å². The number of hydrogen-bond acceptors (Lipinski definition) is 7. The molecule has 0 aromatic heterocycles. The van der Waals surface area contributed by atoms with Gasteiger partial charge in [0.05, 0.1) is 33.8 Å². The maximum atomic E-state index is 13.6. The summed E-state index contributed by atoms with van der Waals surface area (Å²) >= 11 is 0. The summed E-state index contributed by atoms with van der Waals surface area (Å²) in [5.41, 5.74) is 0. The van der Waals surface area contributed by atoms with Crippen LogP contribution in [0, 0.1) is 0 Å². The minimum Gasteiger partial charge on any atom is -0.756 e. The van der Waals surface area contributed by atoms with E-state index in [1.165, 1.54) is 154 Å². The van der Waals surface area contributed by atoms with Gasteiger partial charge in [-0.2, -0.15) is 0 Å². The third-order valence-electron chi connectivity index (χ3n) is 14.6. The summed E-state index contributed by atoms with van der Waals surface area (Å²) in [6.07, 6.45) is 78.4. The summed E-state index contributed by atoms with van der Waals surface area (Å²) in [6, 6.07) is -0.899. The number of ether oxygens (including phenoxy) is 1. The highest BCUT2D eigenvalue weighted by Crippen LogP contribution is 2.38. The zero-order chi connectivity index (χ0) is 58.6. The average molecular weight is 1140 g/mol. The Morgan fingerprint density at radius 2 is 0.800 bits per heavy atom. The van der Waals surface area contributed by atoms with Crippen LogP contribution in [0.25, 0.3) is 0 Å². The lowest BCUT2D eigenvalue weighted by molar-refractivity contribution is -0.870. The fraction of sp³-hybridized carbons (Fsp3) is 0.771. The maximum absolute atomic E-state index is 13.6. The van der Waals surface area contributed by atoms with Crippen LogP contribution in [0.5, 0.6) is 0 Å². The van der Waals surface area contributed by atoms with Crippen molar-refractivity contribution < 1.29 is 37.3 Å². The Morgan fingerprint density at radius 1 is 0.450 bits per heavy atom. The van der Waals surface area contributed by atoms with Crippen LogP contribution in [-0.2, 0) is 27.9 Å². The molecule has 0 aliphatic heterocycles. The molecule has 0 heterocycles. The number of nitrogens with one attached hydrogen (secondary N) is 1. The van der Waals surface area contributed by atoms with Crippen LogP contribution in [0.1, 0.15) is 297 Å². The van der Waals surface area contributed by atoms with Crippen LogP contribution < -0.4 is 10.2 Å². The lowest BCUT2D eigenvalue weighted by atomic mass is 10.0. The van der Waals surface area contributed by atoms with E-state index in [2.05, 4.69) is 99.0 Å². The molecule has 0 saturated heterocycles. The van der Waals surface area contributed by atoms with Gasteiger partial charge in [0, 0.05) is 12.8 Å². The molecule has 3 unspecified atom stereocenters. The molecule has 0 aliphatic carbocycles. The number of phosphoric acid groups is 1. The van der Waals surface area contributed by atoms with Gasteiger partial charge in [0.2, 0.25) is 5.91 Å². The summed E-state index contributed by atoms with van der Waals surface area (Å²) in [5, 5.41) is 3.03. The topological polar surface area (TPSA) is 114 Å². The van der Waals surface area contributed by atoms with E-state index in [1.54, 1.807) is 0 Å². The van der Waals surface area contributed by atoms with Crippen molar-refractivity contribution in [3.05, 3.63) is 85.1 Å². The van der Waals surface area contributed by atoms with Crippen LogP contribution in [0.4, 0.5) is 0 Å². The Morgan fingerprint density at radius 3 is 1.24 bits per heavy atom. The van der Waals surface area contributed by atoms with E-state index in [-0.39, 0.29) is 24.9 Å². The normalized spacial score (nSPS) is 14.1. The lowest BCUT2D eigenvalue weighted by Crippen LogP contribution is -2.47. The SMILES string of the molecule is CCCCC/C=C\C/C=C\C/C=C\C/C=C\CCCCCCCCCCCCCC(=O)NC(COP(=O)([O-])OCC[N+](C)(C)C)C(/C=C\CCCCCCCCCCCC)OC(=O)CCCCCCCC/C=C/C=C/CCCCC. The average Bonchev–Trinajstić information content (AvgIpc) is 3.42. The number of phosphoric ester groups is 1. The van der Waals surface area contributed by atoms with Gasteiger partial charge in [-0.05, 0) is 102 Å². The molecule has 3 atom stereocenters. The second-order valence-electron chi connectivity index (χ2n) is 23.6. The van der Waals surface area contributed by atoms with E-state index in [4.69, 9.17) is 13.8 Å². The highest BCUT2D eigenvalue weighted by Gasteiger charge is 2.27. The number of rotatable bonds is 60. The lowest BCUT2D eigenvalue weighted by Gasteiger charge is -2.30. The van der Waals surface area contributed by atoms with Gasteiger partial charge in [0.1, 0.15) is 19.3 Å². The van der Waals surface area contributed by atoms with E-state index in [0.717, 1.165) is 103 Å². The fourth-order valence-electron chi connectivity index (χ4n) is 9.38. The predicted molar refractivity (Wildman–Crippen MR) is 344 cm³/mol. The smallest absolute Gasteiger partial charge is 0.306 e. The first kappa shape index (κ1) is 77.2. The summed E-state index contributed by atoms with van der Waals surface area (Å²) in [6.45, 7) is 6.79. The van der Waals surface area contributed by atoms with E-state index >= 15 is 0 Å². The molecule has 9 nitrogen and oxygen atoms in total. The highest BCUT2D eigenvalue weighted by atomic mass is 31.2. The van der Waals surface area contributed by atoms with Gasteiger partial charge in [-0.3, -0.25) is 14.2 Å². The van der Waals surface area contributed by atoms with Gasteiger partial charge in [0.15, 0.2) is 0 Å². The first-order valence-corrected chi connectivity index (χ1v) is 34.9. The van der Waals surface area contributed by atoms with E-state index in [9.17, 15) is 19.0 Å². The third-order valence-corrected chi connectivity index (χ3v) is 15.5. The van der Waals surface area contributed by atoms with E-state index in [1.807, 2.05) is 33.3 Å². The number of quaternary nitrogens is 1. The van der Waals surface area contributed by atoms with Crippen molar-refractivity contribution in [2.45, 2.75) is 309 Å². The molecule has 0 bridgehead atoms. The molecule has 0 spiro atoms. The highest BCUT2D eigenvalue weighted by molar-refractivity contribution is 7.45.